The number of hydrogen-bond acceptors (Lipinski definition) is 3. The molecule has 0 saturated heterocycles. The van der Waals surface area contributed by atoms with Crippen LogP contribution in [0.1, 0.15) is 37.3 Å². The minimum Gasteiger partial charge on any atom is -0.353 e. The summed E-state index contributed by atoms with van der Waals surface area (Å²) in [5, 5.41) is 11.3. The van der Waals surface area contributed by atoms with Gasteiger partial charge >= 0.3 is 0 Å². The Morgan fingerprint density at radius 2 is 2.08 bits per heavy atom. The second kappa shape index (κ2) is 6.20. The van der Waals surface area contributed by atoms with Crippen molar-refractivity contribution in [2.75, 3.05) is 5.32 Å². The number of carbonyl (C=O) groups is 2. The van der Waals surface area contributed by atoms with E-state index >= 15 is 0 Å². The molecule has 2 aromatic heterocycles. The molecule has 128 valence electrons. The van der Waals surface area contributed by atoms with Crippen molar-refractivity contribution in [2.45, 2.75) is 39.0 Å². The summed E-state index contributed by atoms with van der Waals surface area (Å²) in [7, 11) is 0. The molecule has 6 heteroatoms. The first-order valence-corrected chi connectivity index (χ1v) is 8.58. The predicted octanol–water partition coefficient (Wildman–Crippen LogP) is 3.35. The number of hydrogen-bond donors (Lipinski definition) is 3. The number of nitrogens with zero attached hydrogens (tertiary/aromatic N) is 1. The molecular weight excluding hydrogens is 316 g/mol. The lowest BCUT2D eigenvalue weighted by Gasteiger charge is -2.11. The number of aromatic amines is 2. The maximum Gasteiger partial charge on any atom is 0.224 e. The molecular formula is C19H20N4O2. The van der Waals surface area contributed by atoms with Crippen LogP contribution in [0.3, 0.4) is 0 Å². The van der Waals surface area contributed by atoms with Gasteiger partial charge in [-0.05, 0) is 55.5 Å². The van der Waals surface area contributed by atoms with Gasteiger partial charge in [-0.3, -0.25) is 9.89 Å². The van der Waals surface area contributed by atoms with Gasteiger partial charge in [0, 0.05) is 29.4 Å². The van der Waals surface area contributed by atoms with Gasteiger partial charge < -0.3 is 15.1 Å². The lowest BCUT2D eigenvalue weighted by molar-refractivity contribution is -0.117. The number of rotatable bonds is 5. The average molecular weight is 336 g/mol. The molecule has 0 aliphatic heterocycles. The molecule has 1 aromatic carbocycles. The Balaban J connectivity index is 1.57. The molecule has 25 heavy (non-hydrogen) atoms. The standard InChI is InChI=1S/C19H20N4O2/c1-11(24)3-2-4-17(25)21-13-6-8-16-15(9-13)14-7-5-12-10-20-23-18(12)19(14)22-16/h6,8-10,22H,2-5,7H2,1H3,(H,20,23)(H,21,25). The topological polar surface area (TPSA) is 90.6 Å². The maximum atomic E-state index is 12.0. The summed E-state index contributed by atoms with van der Waals surface area (Å²) in [6.07, 6.45) is 5.21. The van der Waals surface area contributed by atoms with Crippen molar-refractivity contribution in [3.05, 3.63) is 35.5 Å². The molecule has 2 heterocycles. The van der Waals surface area contributed by atoms with E-state index in [1.807, 2.05) is 24.4 Å². The van der Waals surface area contributed by atoms with E-state index in [1.165, 1.54) is 11.1 Å². The molecule has 4 rings (SSSR count). The van der Waals surface area contributed by atoms with E-state index in [9.17, 15) is 9.59 Å². The number of carbonyl (C=O) groups excluding carboxylic acids is 2. The second-order valence-corrected chi connectivity index (χ2v) is 6.61. The first-order valence-electron chi connectivity index (χ1n) is 8.58. The fourth-order valence-electron chi connectivity index (χ4n) is 3.50. The average Bonchev–Trinajstić information content (AvgIpc) is 3.17. The van der Waals surface area contributed by atoms with Crippen molar-refractivity contribution in [1.82, 2.24) is 15.2 Å². The van der Waals surface area contributed by atoms with Crippen LogP contribution < -0.4 is 5.32 Å². The summed E-state index contributed by atoms with van der Waals surface area (Å²) in [6, 6.07) is 5.92. The zero-order valence-electron chi connectivity index (χ0n) is 14.1. The van der Waals surface area contributed by atoms with E-state index in [-0.39, 0.29) is 11.7 Å². The third kappa shape index (κ3) is 2.95. The number of anilines is 1. The van der Waals surface area contributed by atoms with Gasteiger partial charge in [0.15, 0.2) is 0 Å². The van der Waals surface area contributed by atoms with Crippen molar-refractivity contribution in [3.63, 3.8) is 0 Å². The van der Waals surface area contributed by atoms with E-state index in [1.54, 1.807) is 6.92 Å². The van der Waals surface area contributed by atoms with Crippen LogP contribution in [0.25, 0.3) is 22.3 Å². The molecule has 1 aliphatic carbocycles. The highest BCUT2D eigenvalue weighted by Gasteiger charge is 2.22. The van der Waals surface area contributed by atoms with Crippen molar-refractivity contribution in [2.24, 2.45) is 0 Å². The SMILES string of the molecule is CC(=O)CCCC(=O)Nc1ccc2[nH]c3c(c2c1)CCc1cn[nH]c1-3. The molecule has 3 aromatic rings. The number of Topliss-reactive ketones (excluding diaryl/α,β-unsaturated/α-hetero) is 1. The van der Waals surface area contributed by atoms with Gasteiger partial charge in [-0.1, -0.05) is 0 Å². The summed E-state index contributed by atoms with van der Waals surface area (Å²) in [6.45, 7) is 1.55. The van der Waals surface area contributed by atoms with Crippen molar-refractivity contribution in [1.29, 1.82) is 0 Å². The molecule has 0 unspecified atom stereocenters. The fraction of sp³-hybridized carbons (Fsp3) is 0.316. The van der Waals surface area contributed by atoms with Crippen LogP contribution in [0.4, 0.5) is 5.69 Å². The van der Waals surface area contributed by atoms with Crippen LogP contribution >= 0.6 is 0 Å². The van der Waals surface area contributed by atoms with Gasteiger partial charge in [-0.2, -0.15) is 5.10 Å². The minimum atomic E-state index is -0.0548. The highest BCUT2D eigenvalue weighted by molar-refractivity contribution is 5.97. The quantitative estimate of drug-likeness (QED) is 0.667. The molecule has 0 spiro atoms. The van der Waals surface area contributed by atoms with Gasteiger partial charge in [0.05, 0.1) is 17.6 Å². The Bertz CT molecular complexity index is 967. The van der Waals surface area contributed by atoms with E-state index in [0.29, 0.717) is 19.3 Å². The Labute approximate surface area is 145 Å². The van der Waals surface area contributed by atoms with Crippen LogP contribution in [0.5, 0.6) is 0 Å². The lowest BCUT2D eigenvalue weighted by Crippen LogP contribution is -2.11. The van der Waals surface area contributed by atoms with Crippen LogP contribution in [0, 0.1) is 0 Å². The molecule has 0 saturated carbocycles. The van der Waals surface area contributed by atoms with Gasteiger partial charge in [0.1, 0.15) is 5.78 Å². The normalized spacial score (nSPS) is 12.7. The Morgan fingerprint density at radius 1 is 1.20 bits per heavy atom. The van der Waals surface area contributed by atoms with Crippen LogP contribution in [-0.4, -0.2) is 26.9 Å². The summed E-state index contributed by atoms with van der Waals surface area (Å²) in [4.78, 5) is 26.5. The number of H-pyrrole nitrogens is 2. The second-order valence-electron chi connectivity index (χ2n) is 6.61. The largest absolute Gasteiger partial charge is 0.353 e. The molecule has 0 fully saturated rings. The molecule has 3 N–H and O–H groups in total. The predicted molar refractivity (Wildman–Crippen MR) is 96.5 cm³/mol. The van der Waals surface area contributed by atoms with Crippen LogP contribution in [-0.2, 0) is 22.4 Å². The summed E-state index contributed by atoms with van der Waals surface area (Å²) in [5.74, 6) is 0.0622. The van der Waals surface area contributed by atoms with E-state index < -0.39 is 0 Å². The minimum absolute atomic E-state index is 0.0548. The number of aromatic nitrogens is 3. The fourth-order valence-corrected chi connectivity index (χ4v) is 3.50. The Hall–Kier alpha value is -2.89. The Morgan fingerprint density at radius 3 is 2.92 bits per heavy atom. The first-order chi connectivity index (χ1) is 12.1. The summed E-state index contributed by atoms with van der Waals surface area (Å²) in [5.41, 5.74) is 6.50. The number of amides is 1. The maximum absolute atomic E-state index is 12.0. The zero-order valence-corrected chi connectivity index (χ0v) is 14.1. The highest BCUT2D eigenvalue weighted by atomic mass is 16.1. The van der Waals surface area contributed by atoms with Crippen molar-refractivity contribution < 1.29 is 9.59 Å². The van der Waals surface area contributed by atoms with Crippen molar-refractivity contribution >= 4 is 28.3 Å². The van der Waals surface area contributed by atoms with E-state index in [0.717, 1.165) is 40.8 Å². The number of ketones is 1. The first kappa shape index (κ1) is 15.6. The lowest BCUT2D eigenvalue weighted by atomic mass is 9.94. The van der Waals surface area contributed by atoms with Crippen molar-refractivity contribution in [3.8, 4) is 11.4 Å². The van der Waals surface area contributed by atoms with Gasteiger partial charge in [-0.15, -0.1) is 0 Å². The molecule has 0 radical (unpaired) electrons. The molecule has 1 aliphatic rings. The smallest absolute Gasteiger partial charge is 0.224 e. The van der Waals surface area contributed by atoms with Crippen LogP contribution in [0.2, 0.25) is 0 Å². The number of fused-ring (bicyclic) bond motifs is 5. The summed E-state index contributed by atoms with van der Waals surface area (Å²) < 4.78 is 0. The third-order valence-electron chi connectivity index (χ3n) is 4.73. The van der Waals surface area contributed by atoms with E-state index in [2.05, 4.69) is 20.5 Å². The number of aryl methyl sites for hydroxylation is 2. The van der Waals surface area contributed by atoms with Gasteiger partial charge in [0.25, 0.3) is 0 Å². The molecule has 0 bridgehead atoms. The third-order valence-corrected chi connectivity index (χ3v) is 4.73. The zero-order chi connectivity index (χ0) is 17.4. The monoisotopic (exact) mass is 336 g/mol. The molecule has 0 atom stereocenters. The molecule has 1 amide bonds. The van der Waals surface area contributed by atoms with E-state index in [4.69, 9.17) is 0 Å². The Kier molecular flexibility index (Phi) is 3.87. The number of benzene rings is 1. The highest BCUT2D eigenvalue weighted by Crippen LogP contribution is 2.37. The van der Waals surface area contributed by atoms with Crippen LogP contribution in [0.15, 0.2) is 24.4 Å². The van der Waals surface area contributed by atoms with Gasteiger partial charge in [0.2, 0.25) is 5.91 Å². The van der Waals surface area contributed by atoms with Gasteiger partial charge in [-0.25, -0.2) is 0 Å². The molecule has 6 nitrogen and oxygen atoms in total. The number of nitrogens with one attached hydrogen (secondary N) is 3. The summed E-state index contributed by atoms with van der Waals surface area (Å²) >= 11 is 0.